The zero-order valence-corrected chi connectivity index (χ0v) is 14.4. The van der Waals surface area contributed by atoms with Gasteiger partial charge in [-0.3, -0.25) is 9.48 Å². The molecule has 1 N–H and O–H groups in total. The highest BCUT2D eigenvalue weighted by atomic mass is 35.5. The first-order chi connectivity index (χ1) is 11.0. The molecule has 0 saturated heterocycles. The van der Waals surface area contributed by atoms with Crippen LogP contribution in [0.15, 0.2) is 36.7 Å². The van der Waals surface area contributed by atoms with E-state index >= 15 is 0 Å². The first kappa shape index (κ1) is 17.3. The molecular formula is C17H22ClN3O2. The molecule has 0 aliphatic rings. The molecule has 5 nitrogen and oxygen atoms in total. The fraction of sp³-hybridized carbons (Fsp3) is 0.412. The summed E-state index contributed by atoms with van der Waals surface area (Å²) in [6, 6.07) is 7.68. The van der Waals surface area contributed by atoms with Crippen molar-refractivity contribution in [3.8, 4) is 5.75 Å². The van der Waals surface area contributed by atoms with E-state index in [1.54, 1.807) is 24.9 Å². The second-order valence-electron chi connectivity index (χ2n) is 5.61. The molecule has 0 radical (unpaired) electrons. The lowest BCUT2D eigenvalue weighted by Gasteiger charge is -2.18. The van der Waals surface area contributed by atoms with Gasteiger partial charge in [0.1, 0.15) is 11.8 Å². The Morgan fingerprint density at radius 3 is 2.61 bits per heavy atom. The van der Waals surface area contributed by atoms with Crippen LogP contribution in [0.5, 0.6) is 5.75 Å². The average molecular weight is 336 g/mol. The van der Waals surface area contributed by atoms with Crippen molar-refractivity contribution in [3.63, 3.8) is 0 Å². The highest BCUT2D eigenvalue weighted by Gasteiger charge is 2.17. The van der Waals surface area contributed by atoms with E-state index in [0.717, 1.165) is 18.6 Å². The Labute approximate surface area is 141 Å². The third-order valence-electron chi connectivity index (χ3n) is 3.76. The fourth-order valence-corrected chi connectivity index (χ4v) is 2.40. The maximum Gasteiger partial charge on any atom is 0.244 e. The van der Waals surface area contributed by atoms with E-state index in [4.69, 9.17) is 16.3 Å². The van der Waals surface area contributed by atoms with Crippen LogP contribution >= 0.6 is 11.6 Å². The smallest absolute Gasteiger partial charge is 0.244 e. The number of methoxy groups -OCH3 is 1. The number of nitrogens with one attached hydrogen (secondary N) is 1. The summed E-state index contributed by atoms with van der Waals surface area (Å²) < 4.78 is 6.71. The van der Waals surface area contributed by atoms with Gasteiger partial charge in [0.05, 0.1) is 18.3 Å². The molecule has 0 saturated carbocycles. The number of carbonyl (C=O) groups is 1. The van der Waals surface area contributed by atoms with Crippen LogP contribution in [0, 0.1) is 0 Å². The number of amides is 1. The molecule has 2 rings (SSSR count). The Bertz CT molecular complexity index is 640. The van der Waals surface area contributed by atoms with Gasteiger partial charge in [-0.25, -0.2) is 0 Å². The highest BCUT2D eigenvalue weighted by Crippen LogP contribution is 2.14. The first-order valence-corrected chi connectivity index (χ1v) is 8.00. The van der Waals surface area contributed by atoms with Crippen LogP contribution in [0.25, 0.3) is 0 Å². The van der Waals surface area contributed by atoms with Gasteiger partial charge in [0.25, 0.3) is 0 Å². The first-order valence-electron chi connectivity index (χ1n) is 7.62. The van der Waals surface area contributed by atoms with Crippen molar-refractivity contribution >= 4 is 17.5 Å². The number of aryl methyl sites for hydroxylation is 1. The van der Waals surface area contributed by atoms with Crippen LogP contribution in [-0.2, 0) is 11.2 Å². The van der Waals surface area contributed by atoms with E-state index < -0.39 is 0 Å². The lowest BCUT2D eigenvalue weighted by atomic mass is 10.1. The second-order valence-corrected chi connectivity index (χ2v) is 6.05. The Morgan fingerprint density at radius 2 is 2.04 bits per heavy atom. The molecule has 1 aromatic carbocycles. The molecule has 0 aliphatic carbocycles. The van der Waals surface area contributed by atoms with Crippen molar-refractivity contribution in [2.45, 2.75) is 38.8 Å². The zero-order valence-electron chi connectivity index (χ0n) is 13.6. The molecule has 0 fully saturated rings. The third-order valence-corrected chi connectivity index (χ3v) is 3.96. The van der Waals surface area contributed by atoms with Gasteiger partial charge in [0.15, 0.2) is 0 Å². The van der Waals surface area contributed by atoms with Crippen LogP contribution in [0.4, 0.5) is 0 Å². The number of hydrogen-bond acceptors (Lipinski definition) is 3. The summed E-state index contributed by atoms with van der Waals surface area (Å²) in [5.41, 5.74) is 1.22. The van der Waals surface area contributed by atoms with E-state index in [2.05, 4.69) is 10.4 Å². The minimum absolute atomic E-state index is 0.0630. The number of benzene rings is 1. The molecule has 124 valence electrons. The topological polar surface area (TPSA) is 56.1 Å². The van der Waals surface area contributed by atoms with Crippen molar-refractivity contribution in [1.82, 2.24) is 15.1 Å². The maximum atomic E-state index is 12.2. The largest absolute Gasteiger partial charge is 0.497 e. The molecule has 2 aromatic rings. The minimum Gasteiger partial charge on any atom is -0.497 e. The van der Waals surface area contributed by atoms with Crippen molar-refractivity contribution in [3.05, 3.63) is 47.2 Å². The number of aromatic nitrogens is 2. The average Bonchev–Trinajstić information content (AvgIpc) is 2.99. The molecule has 6 heteroatoms. The molecule has 23 heavy (non-hydrogen) atoms. The molecule has 0 spiro atoms. The molecule has 0 aliphatic heterocycles. The van der Waals surface area contributed by atoms with E-state index in [0.29, 0.717) is 5.02 Å². The van der Waals surface area contributed by atoms with Gasteiger partial charge in [0.2, 0.25) is 5.91 Å². The van der Waals surface area contributed by atoms with Crippen molar-refractivity contribution in [2.24, 2.45) is 0 Å². The lowest BCUT2D eigenvalue weighted by molar-refractivity contribution is -0.124. The Kier molecular flexibility index (Phi) is 6.04. The van der Waals surface area contributed by atoms with Gasteiger partial charge in [-0.2, -0.15) is 5.10 Å². The standard InChI is InChI=1S/C17H22ClN3O2/c1-12(4-5-14-6-8-16(23-3)9-7-14)20-17(22)13(2)21-11-15(18)10-19-21/h6-13H,4-5H2,1-3H3,(H,20,22). The zero-order chi connectivity index (χ0) is 16.8. The second kappa shape index (κ2) is 8.02. The van der Waals surface area contributed by atoms with Crippen molar-refractivity contribution < 1.29 is 9.53 Å². The number of nitrogens with zero attached hydrogens (tertiary/aromatic N) is 2. The number of hydrogen-bond donors (Lipinski definition) is 1. The summed E-state index contributed by atoms with van der Waals surface area (Å²) in [7, 11) is 1.65. The van der Waals surface area contributed by atoms with Crippen LogP contribution in [0.1, 0.15) is 31.9 Å². The normalized spacial score (nSPS) is 13.4. The molecule has 2 unspecified atom stereocenters. The van der Waals surface area contributed by atoms with Gasteiger partial charge in [-0.1, -0.05) is 23.7 Å². The summed E-state index contributed by atoms with van der Waals surface area (Å²) in [4.78, 5) is 12.2. The Morgan fingerprint density at radius 1 is 1.35 bits per heavy atom. The fourth-order valence-electron chi connectivity index (χ4n) is 2.26. The van der Waals surface area contributed by atoms with Gasteiger partial charge in [-0.05, 0) is 44.4 Å². The van der Waals surface area contributed by atoms with Crippen LogP contribution < -0.4 is 10.1 Å². The summed E-state index contributed by atoms with van der Waals surface area (Å²) in [6.45, 7) is 3.80. The Balaban J connectivity index is 1.81. The number of carbonyl (C=O) groups excluding carboxylic acids is 1. The summed E-state index contributed by atoms with van der Waals surface area (Å²) in [6.07, 6.45) is 4.93. The van der Waals surface area contributed by atoms with Gasteiger partial charge in [-0.15, -0.1) is 0 Å². The molecule has 2 atom stereocenters. The SMILES string of the molecule is COc1ccc(CCC(C)NC(=O)C(C)n2cc(Cl)cn2)cc1. The summed E-state index contributed by atoms with van der Waals surface area (Å²) >= 11 is 5.83. The molecule has 1 aromatic heterocycles. The summed E-state index contributed by atoms with van der Waals surface area (Å²) in [5, 5.41) is 7.60. The van der Waals surface area contributed by atoms with E-state index in [9.17, 15) is 4.79 Å². The lowest BCUT2D eigenvalue weighted by Crippen LogP contribution is -2.37. The van der Waals surface area contributed by atoms with Crippen LogP contribution in [0.2, 0.25) is 5.02 Å². The predicted octanol–water partition coefficient (Wildman–Crippen LogP) is 3.24. The molecular weight excluding hydrogens is 314 g/mol. The highest BCUT2D eigenvalue weighted by molar-refractivity contribution is 6.30. The molecule has 1 heterocycles. The van der Waals surface area contributed by atoms with E-state index in [-0.39, 0.29) is 18.0 Å². The van der Waals surface area contributed by atoms with Crippen molar-refractivity contribution in [2.75, 3.05) is 7.11 Å². The van der Waals surface area contributed by atoms with Crippen LogP contribution in [0.3, 0.4) is 0 Å². The maximum absolute atomic E-state index is 12.2. The minimum atomic E-state index is -0.383. The van der Waals surface area contributed by atoms with E-state index in [1.165, 1.54) is 11.8 Å². The van der Waals surface area contributed by atoms with Crippen LogP contribution in [-0.4, -0.2) is 28.8 Å². The number of halogens is 1. The third kappa shape index (κ3) is 4.99. The number of ether oxygens (including phenoxy) is 1. The Hall–Kier alpha value is -2.01. The predicted molar refractivity (Wildman–Crippen MR) is 90.9 cm³/mol. The molecule has 1 amide bonds. The number of rotatable bonds is 7. The van der Waals surface area contributed by atoms with E-state index in [1.807, 2.05) is 31.2 Å². The van der Waals surface area contributed by atoms with Gasteiger partial charge in [0, 0.05) is 12.2 Å². The molecule has 0 bridgehead atoms. The monoisotopic (exact) mass is 335 g/mol. The quantitative estimate of drug-likeness (QED) is 0.845. The van der Waals surface area contributed by atoms with Gasteiger partial charge < -0.3 is 10.1 Å². The van der Waals surface area contributed by atoms with Crippen molar-refractivity contribution in [1.29, 1.82) is 0 Å². The van der Waals surface area contributed by atoms with Gasteiger partial charge >= 0.3 is 0 Å². The summed E-state index contributed by atoms with van der Waals surface area (Å²) in [5.74, 6) is 0.786.